The van der Waals surface area contributed by atoms with Gasteiger partial charge in [-0.25, -0.2) is 0 Å². The first kappa shape index (κ1) is 14.8. The monoisotopic (exact) mass is 267 g/mol. The van der Waals surface area contributed by atoms with Crippen molar-refractivity contribution in [3.63, 3.8) is 0 Å². The molecule has 2 unspecified atom stereocenters. The highest BCUT2D eigenvalue weighted by molar-refractivity contribution is 5.82. The molecule has 110 valence electrons. The number of amides is 1. The number of carbonyl (C=O) groups excluding carboxylic acids is 1. The van der Waals surface area contributed by atoms with Crippen LogP contribution < -0.4 is 5.73 Å². The molecule has 1 saturated heterocycles. The lowest BCUT2D eigenvalue weighted by Crippen LogP contribution is -2.42. The summed E-state index contributed by atoms with van der Waals surface area (Å²) in [5, 5.41) is 0. The van der Waals surface area contributed by atoms with E-state index in [1.807, 2.05) is 4.90 Å². The lowest BCUT2D eigenvalue weighted by atomic mass is 9.96. The minimum atomic E-state index is 0.142. The molecule has 0 aromatic carbocycles. The summed E-state index contributed by atoms with van der Waals surface area (Å²) in [5.41, 5.74) is 5.76. The number of hydrogen-bond acceptors (Lipinski definition) is 3. The zero-order chi connectivity index (χ0) is 13.8. The summed E-state index contributed by atoms with van der Waals surface area (Å²) in [5.74, 6) is 1.22. The van der Waals surface area contributed by atoms with Crippen LogP contribution >= 0.6 is 0 Å². The number of likely N-dealkylation sites (tertiary alicyclic amines) is 1. The Kier molecular flexibility index (Phi) is 5.22. The van der Waals surface area contributed by atoms with Crippen molar-refractivity contribution in [2.45, 2.75) is 45.1 Å². The molecule has 0 bridgehead atoms. The van der Waals surface area contributed by atoms with Crippen molar-refractivity contribution in [1.82, 2.24) is 9.80 Å². The van der Waals surface area contributed by atoms with Gasteiger partial charge in [0.2, 0.25) is 5.91 Å². The van der Waals surface area contributed by atoms with E-state index in [9.17, 15) is 4.79 Å². The zero-order valence-corrected chi connectivity index (χ0v) is 12.5. The predicted octanol–water partition coefficient (Wildman–Crippen LogP) is 1.30. The van der Waals surface area contributed by atoms with Crippen LogP contribution in [0.25, 0.3) is 0 Å². The Labute approximate surface area is 117 Å². The van der Waals surface area contributed by atoms with Crippen molar-refractivity contribution < 1.29 is 4.79 Å². The molecule has 2 aliphatic rings. The summed E-state index contributed by atoms with van der Waals surface area (Å²) in [6, 6.07) is 0.144. The largest absolute Gasteiger partial charge is 0.342 e. The molecule has 19 heavy (non-hydrogen) atoms. The molecule has 1 heterocycles. The van der Waals surface area contributed by atoms with E-state index in [0.29, 0.717) is 5.91 Å². The molecule has 0 aromatic rings. The third-order valence-corrected chi connectivity index (χ3v) is 4.55. The number of unbranched alkanes of at least 4 members (excludes halogenated alkanes) is 1. The summed E-state index contributed by atoms with van der Waals surface area (Å²) >= 11 is 0. The Morgan fingerprint density at radius 1 is 1.37 bits per heavy atom. The number of rotatable bonds is 6. The van der Waals surface area contributed by atoms with E-state index in [0.717, 1.165) is 38.3 Å². The molecular weight excluding hydrogens is 238 g/mol. The molecule has 4 heteroatoms. The van der Waals surface area contributed by atoms with E-state index < -0.39 is 0 Å². The third kappa shape index (κ3) is 4.18. The van der Waals surface area contributed by atoms with Gasteiger partial charge in [-0.3, -0.25) is 4.79 Å². The van der Waals surface area contributed by atoms with E-state index in [-0.39, 0.29) is 12.0 Å². The number of nitrogens with two attached hydrogens (primary N) is 1. The highest BCUT2D eigenvalue weighted by Gasteiger charge is 2.42. The number of hydrogen-bond donors (Lipinski definition) is 1. The molecule has 0 radical (unpaired) electrons. The molecule has 4 nitrogen and oxygen atoms in total. The molecule has 1 saturated carbocycles. The van der Waals surface area contributed by atoms with Gasteiger partial charge in [0.15, 0.2) is 0 Å². The van der Waals surface area contributed by atoms with Crippen molar-refractivity contribution >= 4 is 5.91 Å². The average molecular weight is 267 g/mol. The Balaban J connectivity index is 1.66. The molecule has 2 fully saturated rings. The molecule has 2 N–H and O–H groups in total. The van der Waals surface area contributed by atoms with E-state index >= 15 is 0 Å². The van der Waals surface area contributed by atoms with Crippen molar-refractivity contribution in [3.8, 4) is 0 Å². The predicted molar refractivity (Wildman–Crippen MR) is 77.8 cm³/mol. The van der Waals surface area contributed by atoms with Gasteiger partial charge >= 0.3 is 0 Å². The maximum absolute atomic E-state index is 12.1. The van der Waals surface area contributed by atoms with Crippen LogP contribution in [0.2, 0.25) is 0 Å². The molecule has 1 amide bonds. The Morgan fingerprint density at radius 3 is 2.53 bits per heavy atom. The van der Waals surface area contributed by atoms with Crippen LogP contribution in [0.15, 0.2) is 0 Å². The van der Waals surface area contributed by atoms with Gasteiger partial charge < -0.3 is 15.5 Å². The highest BCUT2D eigenvalue weighted by Crippen LogP contribution is 2.31. The van der Waals surface area contributed by atoms with E-state index in [1.54, 1.807) is 0 Å². The third-order valence-electron chi connectivity index (χ3n) is 4.55. The van der Waals surface area contributed by atoms with Crippen LogP contribution in [-0.4, -0.2) is 55.0 Å². The van der Waals surface area contributed by atoms with Crippen LogP contribution in [0.4, 0.5) is 0 Å². The van der Waals surface area contributed by atoms with Crippen molar-refractivity contribution in [3.05, 3.63) is 0 Å². The van der Waals surface area contributed by atoms with E-state index in [4.69, 9.17) is 5.73 Å². The second-order valence-corrected chi connectivity index (χ2v) is 6.39. The number of piperidine rings is 1. The Bertz CT molecular complexity index is 300. The van der Waals surface area contributed by atoms with Crippen LogP contribution in [0, 0.1) is 11.8 Å². The lowest BCUT2D eigenvalue weighted by molar-refractivity contribution is -0.134. The van der Waals surface area contributed by atoms with Crippen LogP contribution in [0.5, 0.6) is 0 Å². The van der Waals surface area contributed by atoms with Gasteiger partial charge in [-0.2, -0.15) is 0 Å². The summed E-state index contributed by atoms with van der Waals surface area (Å²) in [7, 11) is 2.22. The molecule has 1 aliphatic heterocycles. The molecule has 1 aliphatic carbocycles. The van der Waals surface area contributed by atoms with Gasteiger partial charge in [0.25, 0.3) is 0 Å². The topological polar surface area (TPSA) is 49.6 Å². The zero-order valence-electron chi connectivity index (χ0n) is 12.5. The first-order valence-corrected chi connectivity index (χ1v) is 7.84. The highest BCUT2D eigenvalue weighted by atomic mass is 16.2. The maximum atomic E-state index is 12.1. The number of carbonyl (C=O) groups is 1. The fourth-order valence-corrected chi connectivity index (χ4v) is 3.03. The van der Waals surface area contributed by atoms with Crippen molar-refractivity contribution in [2.75, 3.05) is 33.2 Å². The second-order valence-electron chi connectivity index (χ2n) is 6.39. The van der Waals surface area contributed by atoms with Crippen LogP contribution in [0.3, 0.4) is 0 Å². The minimum absolute atomic E-state index is 0.142. The van der Waals surface area contributed by atoms with Gasteiger partial charge in [0.1, 0.15) is 0 Å². The number of nitrogens with zero attached hydrogens (tertiary/aromatic N) is 2. The van der Waals surface area contributed by atoms with Gasteiger partial charge in [-0.05, 0) is 45.2 Å². The summed E-state index contributed by atoms with van der Waals surface area (Å²) < 4.78 is 0. The fraction of sp³-hybridized carbons (Fsp3) is 0.933. The SMILES string of the molecule is CCCCN(C)CC1CCN(C(=O)C2CC2N)CC1. The normalized spacial score (nSPS) is 27.9. The molecule has 0 aromatic heterocycles. The first-order chi connectivity index (χ1) is 9.11. The quantitative estimate of drug-likeness (QED) is 0.789. The maximum Gasteiger partial charge on any atom is 0.227 e. The van der Waals surface area contributed by atoms with E-state index in [2.05, 4.69) is 18.9 Å². The van der Waals surface area contributed by atoms with Gasteiger partial charge in [-0.15, -0.1) is 0 Å². The van der Waals surface area contributed by atoms with E-state index in [1.165, 1.54) is 25.9 Å². The molecule has 0 spiro atoms. The fourth-order valence-electron chi connectivity index (χ4n) is 3.03. The van der Waals surface area contributed by atoms with Crippen molar-refractivity contribution in [1.29, 1.82) is 0 Å². The molecular formula is C15H29N3O. The van der Waals surface area contributed by atoms with Gasteiger partial charge in [0, 0.05) is 25.7 Å². The second kappa shape index (κ2) is 6.71. The van der Waals surface area contributed by atoms with Gasteiger partial charge in [0.05, 0.1) is 5.92 Å². The Hall–Kier alpha value is -0.610. The summed E-state index contributed by atoms with van der Waals surface area (Å²) in [6.45, 7) is 6.50. The van der Waals surface area contributed by atoms with Crippen molar-refractivity contribution in [2.24, 2.45) is 17.6 Å². The first-order valence-electron chi connectivity index (χ1n) is 7.84. The van der Waals surface area contributed by atoms with Gasteiger partial charge in [-0.1, -0.05) is 13.3 Å². The summed E-state index contributed by atoms with van der Waals surface area (Å²) in [6.07, 6.45) is 5.76. The molecule has 2 atom stereocenters. The lowest BCUT2D eigenvalue weighted by Gasteiger charge is -2.34. The van der Waals surface area contributed by atoms with Crippen LogP contribution in [-0.2, 0) is 4.79 Å². The molecule has 2 rings (SSSR count). The minimum Gasteiger partial charge on any atom is -0.342 e. The average Bonchev–Trinajstić information content (AvgIpc) is 3.13. The van der Waals surface area contributed by atoms with Crippen LogP contribution in [0.1, 0.15) is 39.0 Å². The summed E-state index contributed by atoms with van der Waals surface area (Å²) in [4.78, 5) is 16.6. The Morgan fingerprint density at radius 2 is 2.00 bits per heavy atom. The standard InChI is InChI=1S/C15H29N3O/c1-3-4-7-17(2)11-12-5-8-18(9-6-12)15(19)13-10-14(13)16/h12-14H,3-11,16H2,1-2H3. The smallest absolute Gasteiger partial charge is 0.227 e.